The Hall–Kier alpha value is -2.62. The summed E-state index contributed by atoms with van der Waals surface area (Å²) in [5, 5.41) is 0. The molecule has 27 heavy (non-hydrogen) atoms. The van der Waals surface area contributed by atoms with Crippen LogP contribution in [0, 0.1) is 0 Å². The van der Waals surface area contributed by atoms with Gasteiger partial charge >= 0.3 is 0 Å². The third-order valence-corrected chi connectivity index (χ3v) is 3.90. The molecule has 0 saturated carbocycles. The minimum atomic E-state index is 0.0413. The van der Waals surface area contributed by atoms with Crippen molar-refractivity contribution in [2.45, 2.75) is 59.2 Å². The van der Waals surface area contributed by atoms with Gasteiger partial charge in [0, 0.05) is 24.0 Å². The lowest BCUT2D eigenvalue weighted by Crippen LogP contribution is -2.07. The molecular weight excluding hydrogens is 340 g/mol. The van der Waals surface area contributed by atoms with Gasteiger partial charge in [-0.15, -0.1) is 0 Å². The molecule has 2 rings (SSSR count). The average Bonchev–Trinajstić information content (AvgIpc) is 2.61. The van der Waals surface area contributed by atoms with Crippen LogP contribution in [0.4, 0.5) is 0 Å². The summed E-state index contributed by atoms with van der Waals surface area (Å²) in [5.41, 5.74) is 1.29. The van der Waals surface area contributed by atoms with Crippen LogP contribution >= 0.6 is 0 Å². The van der Waals surface area contributed by atoms with Gasteiger partial charge in [0.1, 0.15) is 11.5 Å². The van der Waals surface area contributed by atoms with E-state index in [-0.39, 0.29) is 23.8 Å². The number of ether oxygens (including phenoxy) is 2. The smallest absolute Gasteiger partial charge is 0.162 e. The van der Waals surface area contributed by atoms with Crippen molar-refractivity contribution in [3.8, 4) is 11.5 Å². The first-order valence-electron chi connectivity index (χ1n) is 9.45. The second-order valence-electron chi connectivity index (χ2n) is 7.08. The molecule has 0 amide bonds. The second kappa shape index (κ2) is 9.91. The molecule has 2 aromatic carbocycles. The Kier molecular flexibility index (Phi) is 7.59. The van der Waals surface area contributed by atoms with E-state index in [9.17, 15) is 9.59 Å². The van der Waals surface area contributed by atoms with Crippen molar-refractivity contribution in [2.75, 3.05) is 0 Å². The van der Waals surface area contributed by atoms with E-state index in [1.165, 1.54) is 0 Å². The number of Topliss-reactive ketones (excluding diaryl/α,β-unsaturated/α-hetero) is 2. The second-order valence-corrected chi connectivity index (χ2v) is 7.08. The summed E-state index contributed by atoms with van der Waals surface area (Å²) < 4.78 is 11.2. The van der Waals surface area contributed by atoms with Crippen LogP contribution in [0.5, 0.6) is 11.5 Å². The fourth-order valence-electron chi connectivity index (χ4n) is 2.68. The molecule has 0 heterocycles. The Morgan fingerprint density at radius 3 is 1.30 bits per heavy atom. The molecule has 0 radical (unpaired) electrons. The third-order valence-electron chi connectivity index (χ3n) is 3.90. The molecular formula is C23H28O4. The highest BCUT2D eigenvalue weighted by Crippen LogP contribution is 2.18. The van der Waals surface area contributed by atoms with Crippen molar-refractivity contribution in [2.24, 2.45) is 0 Å². The maximum Gasteiger partial charge on any atom is 0.162 e. The van der Waals surface area contributed by atoms with Gasteiger partial charge in [-0.1, -0.05) is 0 Å². The molecule has 0 fully saturated rings. The van der Waals surface area contributed by atoms with E-state index in [4.69, 9.17) is 9.47 Å². The highest BCUT2D eigenvalue weighted by molar-refractivity contribution is 5.98. The van der Waals surface area contributed by atoms with E-state index in [1.54, 1.807) is 48.5 Å². The zero-order chi connectivity index (χ0) is 19.8. The lowest BCUT2D eigenvalue weighted by atomic mass is 10.0. The van der Waals surface area contributed by atoms with E-state index in [0.717, 1.165) is 11.5 Å². The Morgan fingerprint density at radius 1 is 0.667 bits per heavy atom. The molecule has 144 valence electrons. The molecule has 0 aliphatic heterocycles. The van der Waals surface area contributed by atoms with Gasteiger partial charge in [0.05, 0.1) is 12.2 Å². The number of carbonyl (C=O) groups is 2. The van der Waals surface area contributed by atoms with Crippen LogP contribution in [0.25, 0.3) is 0 Å². The van der Waals surface area contributed by atoms with Gasteiger partial charge in [0.15, 0.2) is 11.6 Å². The van der Waals surface area contributed by atoms with Gasteiger partial charge < -0.3 is 9.47 Å². The van der Waals surface area contributed by atoms with Gasteiger partial charge in [-0.05, 0) is 82.6 Å². The predicted molar refractivity (Wildman–Crippen MR) is 107 cm³/mol. The lowest BCUT2D eigenvalue weighted by Gasteiger charge is -2.10. The minimum absolute atomic E-state index is 0.0413. The topological polar surface area (TPSA) is 52.6 Å². The summed E-state index contributed by atoms with van der Waals surface area (Å²) in [7, 11) is 0. The van der Waals surface area contributed by atoms with Crippen molar-refractivity contribution in [3.05, 3.63) is 59.7 Å². The number of carbonyl (C=O) groups excluding carboxylic acids is 2. The summed E-state index contributed by atoms with van der Waals surface area (Å²) >= 11 is 0. The largest absolute Gasteiger partial charge is 0.491 e. The van der Waals surface area contributed by atoms with Crippen molar-refractivity contribution in [3.63, 3.8) is 0 Å². The minimum Gasteiger partial charge on any atom is -0.491 e. The van der Waals surface area contributed by atoms with Crippen LogP contribution in [0.1, 0.15) is 67.7 Å². The van der Waals surface area contributed by atoms with Gasteiger partial charge in [-0.3, -0.25) is 9.59 Å². The first-order chi connectivity index (χ1) is 12.8. The third kappa shape index (κ3) is 6.89. The van der Waals surface area contributed by atoms with Crippen LogP contribution in [0.3, 0.4) is 0 Å². The molecule has 0 spiro atoms. The monoisotopic (exact) mass is 368 g/mol. The Balaban J connectivity index is 1.81. The molecule has 0 unspecified atom stereocenters. The number of benzene rings is 2. The predicted octanol–water partition coefficient (Wildman–Crippen LogP) is 5.50. The quantitative estimate of drug-likeness (QED) is 0.520. The number of hydrogen-bond donors (Lipinski definition) is 0. The van der Waals surface area contributed by atoms with E-state index in [2.05, 4.69) is 0 Å². The van der Waals surface area contributed by atoms with Crippen LogP contribution in [0.2, 0.25) is 0 Å². The van der Waals surface area contributed by atoms with Crippen LogP contribution in [-0.4, -0.2) is 23.8 Å². The summed E-state index contributed by atoms with van der Waals surface area (Å²) in [6.45, 7) is 7.84. The first-order valence-corrected chi connectivity index (χ1v) is 9.45. The number of ketones is 2. The maximum atomic E-state index is 12.3. The lowest BCUT2D eigenvalue weighted by molar-refractivity contribution is 0.0957. The molecule has 0 bridgehead atoms. The summed E-state index contributed by atoms with van der Waals surface area (Å²) in [4.78, 5) is 24.5. The molecule has 0 N–H and O–H groups in total. The van der Waals surface area contributed by atoms with E-state index < -0.39 is 0 Å². The van der Waals surface area contributed by atoms with Crippen molar-refractivity contribution >= 4 is 11.6 Å². The number of rotatable bonds is 10. The first kappa shape index (κ1) is 20.7. The van der Waals surface area contributed by atoms with Gasteiger partial charge in [0.25, 0.3) is 0 Å². The van der Waals surface area contributed by atoms with Crippen molar-refractivity contribution in [1.82, 2.24) is 0 Å². The number of hydrogen-bond acceptors (Lipinski definition) is 4. The molecule has 0 atom stereocenters. The van der Waals surface area contributed by atoms with E-state index >= 15 is 0 Å². The fraction of sp³-hybridized carbons (Fsp3) is 0.391. The van der Waals surface area contributed by atoms with E-state index in [1.807, 2.05) is 27.7 Å². The summed E-state index contributed by atoms with van der Waals surface area (Å²) in [5.74, 6) is 1.59. The average molecular weight is 368 g/mol. The molecule has 0 aliphatic rings. The molecule has 4 nitrogen and oxygen atoms in total. The van der Waals surface area contributed by atoms with Gasteiger partial charge in [0.2, 0.25) is 0 Å². The van der Waals surface area contributed by atoms with E-state index in [0.29, 0.717) is 30.4 Å². The summed E-state index contributed by atoms with van der Waals surface area (Å²) in [6.07, 6.45) is 1.44. The molecule has 0 aliphatic carbocycles. The van der Waals surface area contributed by atoms with Crippen molar-refractivity contribution < 1.29 is 19.1 Å². The molecule has 4 heteroatoms. The Labute approximate surface area is 161 Å². The fourth-order valence-corrected chi connectivity index (χ4v) is 2.68. The molecule has 0 saturated heterocycles. The van der Waals surface area contributed by atoms with Gasteiger partial charge in [-0.25, -0.2) is 0 Å². The highest BCUT2D eigenvalue weighted by atomic mass is 16.5. The van der Waals surface area contributed by atoms with Crippen molar-refractivity contribution in [1.29, 1.82) is 0 Å². The van der Waals surface area contributed by atoms with Gasteiger partial charge in [-0.2, -0.15) is 0 Å². The standard InChI is InChI=1S/C23H28O4/c1-16(2)26-20-12-8-18(9-13-20)22(24)6-5-7-23(25)19-10-14-21(15-11-19)27-17(3)4/h8-17H,5-7H2,1-4H3. The normalized spacial score (nSPS) is 10.9. The zero-order valence-corrected chi connectivity index (χ0v) is 16.5. The molecule has 2 aromatic rings. The highest BCUT2D eigenvalue weighted by Gasteiger charge is 2.10. The van der Waals surface area contributed by atoms with Crippen LogP contribution in [-0.2, 0) is 0 Å². The summed E-state index contributed by atoms with van der Waals surface area (Å²) in [6, 6.07) is 14.3. The Bertz CT molecular complexity index is 677. The molecule has 0 aromatic heterocycles. The maximum absolute atomic E-state index is 12.3. The van der Waals surface area contributed by atoms with Crippen LogP contribution in [0.15, 0.2) is 48.5 Å². The Morgan fingerprint density at radius 2 is 1.00 bits per heavy atom. The van der Waals surface area contributed by atoms with Crippen LogP contribution < -0.4 is 9.47 Å². The SMILES string of the molecule is CC(C)Oc1ccc(C(=O)CCCC(=O)c2ccc(OC(C)C)cc2)cc1. The zero-order valence-electron chi connectivity index (χ0n) is 16.5.